The van der Waals surface area contributed by atoms with Crippen molar-refractivity contribution in [2.75, 3.05) is 23.3 Å². The van der Waals surface area contributed by atoms with Crippen LogP contribution in [-0.2, 0) is 0 Å². The molecule has 2 N–H and O–H groups in total. The molecule has 1 saturated heterocycles. The third kappa shape index (κ3) is 4.80. The van der Waals surface area contributed by atoms with Crippen LogP contribution in [0, 0.1) is 17.0 Å². The minimum atomic E-state index is -0.515. The number of anilines is 2. The van der Waals surface area contributed by atoms with Gasteiger partial charge in [-0.25, -0.2) is 4.98 Å². The van der Waals surface area contributed by atoms with Crippen LogP contribution in [0.15, 0.2) is 36.4 Å². The van der Waals surface area contributed by atoms with E-state index in [9.17, 15) is 14.9 Å². The molecule has 8 nitrogen and oxygen atoms in total. The molecular formula is C19H21N5O3S. The van der Waals surface area contributed by atoms with Gasteiger partial charge in [0.2, 0.25) is 0 Å². The third-order valence-electron chi connectivity index (χ3n) is 4.49. The number of benzene rings is 1. The van der Waals surface area contributed by atoms with Gasteiger partial charge in [0.15, 0.2) is 5.11 Å². The van der Waals surface area contributed by atoms with Gasteiger partial charge in [0.1, 0.15) is 11.5 Å². The molecule has 1 aliphatic rings. The van der Waals surface area contributed by atoms with Crippen molar-refractivity contribution in [3.05, 3.63) is 57.8 Å². The summed E-state index contributed by atoms with van der Waals surface area (Å²) in [4.78, 5) is 29.8. The van der Waals surface area contributed by atoms with Gasteiger partial charge in [-0.15, -0.1) is 0 Å². The number of aryl methyl sites for hydroxylation is 1. The van der Waals surface area contributed by atoms with Gasteiger partial charge in [0.05, 0.1) is 4.92 Å². The highest BCUT2D eigenvalue weighted by atomic mass is 32.1. The molecule has 1 aliphatic heterocycles. The Balaban J connectivity index is 1.73. The van der Waals surface area contributed by atoms with Crippen molar-refractivity contribution in [2.45, 2.75) is 26.2 Å². The zero-order valence-corrected chi connectivity index (χ0v) is 16.3. The number of hydrogen-bond donors (Lipinski definition) is 2. The van der Waals surface area contributed by atoms with Crippen LogP contribution in [0.3, 0.4) is 0 Å². The Morgan fingerprint density at radius 3 is 2.64 bits per heavy atom. The maximum absolute atomic E-state index is 12.5. The zero-order chi connectivity index (χ0) is 20.1. The van der Waals surface area contributed by atoms with Gasteiger partial charge in [-0.3, -0.25) is 20.2 Å². The Morgan fingerprint density at radius 1 is 1.21 bits per heavy atom. The minimum absolute atomic E-state index is 0.0749. The third-order valence-corrected chi connectivity index (χ3v) is 4.69. The summed E-state index contributed by atoms with van der Waals surface area (Å²) in [5.41, 5.74) is 1.46. The fourth-order valence-electron chi connectivity index (χ4n) is 3.15. The lowest BCUT2D eigenvalue weighted by Gasteiger charge is -2.28. The molecule has 28 heavy (non-hydrogen) atoms. The molecule has 1 aromatic heterocycles. The molecule has 3 rings (SSSR count). The molecule has 0 radical (unpaired) electrons. The summed E-state index contributed by atoms with van der Waals surface area (Å²) in [6.07, 6.45) is 3.14. The number of aromatic nitrogens is 1. The molecule has 1 amide bonds. The molecule has 146 valence electrons. The molecular weight excluding hydrogens is 378 g/mol. The van der Waals surface area contributed by atoms with E-state index in [4.69, 9.17) is 12.2 Å². The number of nitrogens with one attached hydrogen (secondary N) is 2. The van der Waals surface area contributed by atoms with Crippen LogP contribution in [-0.4, -0.2) is 34.0 Å². The molecule has 0 saturated carbocycles. The van der Waals surface area contributed by atoms with Gasteiger partial charge >= 0.3 is 0 Å². The van der Waals surface area contributed by atoms with Crippen LogP contribution in [0.1, 0.15) is 35.3 Å². The number of pyridine rings is 1. The number of rotatable bonds is 4. The molecule has 2 aromatic rings. The summed E-state index contributed by atoms with van der Waals surface area (Å²) in [6.45, 7) is 3.41. The highest BCUT2D eigenvalue weighted by Gasteiger charge is 2.23. The largest absolute Gasteiger partial charge is 0.366 e. The van der Waals surface area contributed by atoms with E-state index in [1.807, 2.05) is 24.0 Å². The highest BCUT2D eigenvalue weighted by molar-refractivity contribution is 7.80. The number of thiocarbonyl (C=S) groups is 1. The van der Waals surface area contributed by atoms with Crippen LogP contribution in [0.4, 0.5) is 17.2 Å². The van der Waals surface area contributed by atoms with Gasteiger partial charge in [-0.05, 0) is 62.7 Å². The van der Waals surface area contributed by atoms with Gasteiger partial charge in [-0.1, -0.05) is 6.07 Å². The van der Waals surface area contributed by atoms with Gasteiger partial charge in [0.25, 0.3) is 11.6 Å². The maximum Gasteiger partial charge on any atom is 0.293 e. The lowest BCUT2D eigenvalue weighted by molar-refractivity contribution is -0.384. The number of amides is 1. The fourth-order valence-corrected chi connectivity index (χ4v) is 3.35. The van der Waals surface area contributed by atoms with Crippen molar-refractivity contribution in [1.82, 2.24) is 10.3 Å². The first-order valence-corrected chi connectivity index (χ1v) is 9.44. The summed E-state index contributed by atoms with van der Waals surface area (Å²) < 4.78 is 0. The van der Waals surface area contributed by atoms with E-state index in [2.05, 4.69) is 15.6 Å². The lowest BCUT2D eigenvalue weighted by Crippen LogP contribution is -2.34. The van der Waals surface area contributed by atoms with Crippen molar-refractivity contribution in [2.24, 2.45) is 0 Å². The second-order valence-corrected chi connectivity index (χ2v) is 6.99. The average molecular weight is 399 g/mol. The molecule has 2 heterocycles. The first kappa shape index (κ1) is 19.7. The van der Waals surface area contributed by atoms with E-state index in [0.717, 1.165) is 38.0 Å². The minimum Gasteiger partial charge on any atom is -0.366 e. The molecule has 0 unspecified atom stereocenters. The molecule has 0 atom stereocenters. The molecule has 1 fully saturated rings. The van der Waals surface area contributed by atoms with Crippen molar-refractivity contribution in [1.29, 1.82) is 0 Å². The molecule has 0 spiro atoms. The number of hydrogen-bond acceptors (Lipinski definition) is 6. The first-order valence-electron chi connectivity index (χ1n) is 9.03. The number of nitro benzene ring substituents is 1. The predicted molar refractivity (Wildman–Crippen MR) is 112 cm³/mol. The first-order chi connectivity index (χ1) is 13.4. The number of carbonyl (C=O) groups excluding carboxylic acids is 1. The van der Waals surface area contributed by atoms with Gasteiger partial charge < -0.3 is 10.2 Å². The number of carbonyl (C=O) groups is 1. The Bertz CT molecular complexity index is 912. The highest BCUT2D eigenvalue weighted by Crippen LogP contribution is 2.31. The summed E-state index contributed by atoms with van der Waals surface area (Å²) >= 11 is 5.14. The van der Waals surface area contributed by atoms with Crippen LogP contribution in [0.25, 0.3) is 0 Å². The van der Waals surface area contributed by atoms with E-state index in [1.165, 1.54) is 6.07 Å². The van der Waals surface area contributed by atoms with E-state index < -0.39 is 10.8 Å². The van der Waals surface area contributed by atoms with Crippen LogP contribution in [0.2, 0.25) is 0 Å². The van der Waals surface area contributed by atoms with Crippen molar-refractivity contribution >= 4 is 40.4 Å². The quantitative estimate of drug-likeness (QED) is 0.461. The van der Waals surface area contributed by atoms with Crippen LogP contribution < -0.4 is 15.5 Å². The monoisotopic (exact) mass is 399 g/mol. The van der Waals surface area contributed by atoms with Crippen LogP contribution >= 0.6 is 12.2 Å². The van der Waals surface area contributed by atoms with Crippen molar-refractivity contribution in [3.8, 4) is 0 Å². The van der Waals surface area contributed by atoms with Crippen molar-refractivity contribution < 1.29 is 9.72 Å². The standard InChI is InChI=1S/C19H21N5O3S/c1-13-6-5-7-17(20-13)21-19(28)22-18(25)14-8-9-15(16(12-14)24(26)27)23-10-3-2-4-11-23/h5-9,12H,2-4,10-11H2,1H3,(H2,20,21,22,25,28). The number of nitrogens with zero attached hydrogens (tertiary/aromatic N) is 3. The van der Waals surface area contributed by atoms with Gasteiger partial charge in [-0.2, -0.15) is 0 Å². The van der Waals surface area contributed by atoms with Crippen LogP contribution in [0.5, 0.6) is 0 Å². The molecule has 0 bridgehead atoms. The Labute approximate surface area is 168 Å². The number of piperidine rings is 1. The fraction of sp³-hybridized carbons (Fsp3) is 0.316. The SMILES string of the molecule is Cc1cccc(NC(=S)NC(=O)c2ccc(N3CCCCC3)c([N+](=O)[O-])c2)n1. The van der Waals surface area contributed by atoms with Crippen molar-refractivity contribution in [3.63, 3.8) is 0 Å². The van der Waals surface area contributed by atoms with E-state index >= 15 is 0 Å². The van der Waals surface area contributed by atoms with E-state index in [1.54, 1.807) is 18.2 Å². The second kappa shape index (κ2) is 8.75. The summed E-state index contributed by atoms with van der Waals surface area (Å²) in [5.74, 6) is -0.00447. The molecule has 1 aromatic carbocycles. The van der Waals surface area contributed by atoms with E-state index in [-0.39, 0.29) is 16.4 Å². The Kier molecular flexibility index (Phi) is 6.15. The lowest BCUT2D eigenvalue weighted by atomic mass is 10.1. The summed E-state index contributed by atoms with van der Waals surface area (Å²) in [5, 5.41) is 17.0. The smallest absolute Gasteiger partial charge is 0.293 e. The second-order valence-electron chi connectivity index (χ2n) is 6.58. The summed E-state index contributed by atoms with van der Waals surface area (Å²) in [6, 6.07) is 9.90. The molecule has 9 heteroatoms. The Morgan fingerprint density at radius 2 is 1.96 bits per heavy atom. The normalized spacial score (nSPS) is 13.7. The maximum atomic E-state index is 12.5. The predicted octanol–water partition coefficient (Wildman–Crippen LogP) is 3.42. The average Bonchev–Trinajstić information content (AvgIpc) is 2.68. The van der Waals surface area contributed by atoms with Gasteiger partial charge in [0, 0.05) is 30.4 Å². The topological polar surface area (TPSA) is 100 Å². The summed E-state index contributed by atoms with van der Waals surface area (Å²) in [7, 11) is 0. The Hall–Kier alpha value is -3.07. The number of nitro groups is 1. The molecule has 0 aliphatic carbocycles. The van der Waals surface area contributed by atoms with E-state index in [0.29, 0.717) is 11.5 Å². The zero-order valence-electron chi connectivity index (χ0n) is 15.5.